The Morgan fingerprint density at radius 2 is 1.57 bits per heavy atom. The number of hydrogen-bond donors (Lipinski definition) is 2. The van der Waals surface area contributed by atoms with Gasteiger partial charge < -0.3 is 9.84 Å². The molecule has 5 nitrogen and oxygen atoms in total. The van der Waals surface area contributed by atoms with E-state index < -0.39 is 18.1 Å². The van der Waals surface area contributed by atoms with Crippen molar-refractivity contribution in [3.8, 4) is 0 Å². The summed E-state index contributed by atoms with van der Waals surface area (Å²) in [7, 11) is 0. The standard InChI is InChI=1S/C16H15NO4/c18-14(13-9-5-2-6-10-13)15(19)17-16(20)21-11-12-7-3-1-4-8-12/h1-10,15,19H,11H2,(H,17,20)/t15-/m0/s1. The van der Waals surface area contributed by atoms with Crippen molar-refractivity contribution in [2.24, 2.45) is 0 Å². The molecule has 1 amide bonds. The number of carbonyl (C=O) groups excluding carboxylic acids is 2. The van der Waals surface area contributed by atoms with Gasteiger partial charge in [0.15, 0.2) is 6.23 Å². The van der Waals surface area contributed by atoms with Crippen LogP contribution in [0.1, 0.15) is 15.9 Å². The molecule has 1 atom stereocenters. The number of Topliss-reactive ketones (excluding diaryl/α,β-unsaturated/α-hetero) is 1. The lowest BCUT2D eigenvalue weighted by Gasteiger charge is -2.12. The molecule has 0 saturated heterocycles. The van der Waals surface area contributed by atoms with Crippen molar-refractivity contribution in [1.29, 1.82) is 0 Å². The molecule has 0 heterocycles. The second-order valence-electron chi connectivity index (χ2n) is 4.34. The lowest BCUT2D eigenvalue weighted by atomic mass is 10.1. The second kappa shape index (κ2) is 7.21. The highest BCUT2D eigenvalue weighted by Crippen LogP contribution is 2.03. The smallest absolute Gasteiger partial charge is 0.409 e. The van der Waals surface area contributed by atoms with E-state index in [0.29, 0.717) is 5.56 Å². The highest BCUT2D eigenvalue weighted by atomic mass is 16.6. The zero-order chi connectivity index (χ0) is 15.1. The van der Waals surface area contributed by atoms with Crippen molar-refractivity contribution < 1.29 is 19.4 Å². The maximum Gasteiger partial charge on any atom is 0.409 e. The number of benzene rings is 2. The molecule has 0 bridgehead atoms. The normalized spacial score (nSPS) is 11.5. The van der Waals surface area contributed by atoms with E-state index in [0.717, 1.165) is 5.56 Å². The largest absolute Gasteiger partial charge is 0.445 e. The van der Waals surface area contributed by atoms with E-state index in [1.54, 1.807) is 42.5 Å². The Labute approximate surface area is 122 Å². The van der Waals surface area contributed by atoms with E-state index >= 15 is 0 Å². The molecule has 2 N–H and O–H groups in total. The van der Waals surface area contributed by atoms with Crippen LogP contribution in [0.3, 0.4) is 0 Å². The van der Waals surface area contributed by atoms with Gasteiger partial charge in [0.1, 0.15) is 6.61 Å². The minimum atomic E-state index is -1.63. The number of alkyl carbamates (subject to hydrolysis) is 1. The van der Waals surface area contributed by atoms with E-state index in [-0.39, 0.29) is 6.61 Å². The zero-order valence-corrected chi connectivity index (χ0v) is 11.2. The zero-order valence-electron chi connectivity index (χ0n) is 11.2. The fourth-order valence-electron chi connectivity index (χ4n) is 1.70. The first-order valence-electron chi connectivity index (χ1n) is 6.41. The van der Waals surface area contributed by atoms with Gasteiger partial charge in [0.2, 0.25) is 5.78 Å². The van der Waals surface area contributed by atoms with E-state index in [9.17, 15) is 14.7 Å². The van der Waals surface area contributed by atoms with Crippen molar-refractivity contribution >= 4 is 11.9 Å². The van der Waals surface area contributed by atoms with Crippen LogP contribution in [-0.4, -0.2) is 23.2 Å². The summed E-state index contributed by atoms with van der Waals surface area (Å²) in [6, 6.07) is 17.3. The van der Waals surface area contributed by atoms with Gasteiger partial charge in [-0.15, -0.1) is 0 Å². The molecule has 108 valence electrons. The third-order valence-corrected chi connectivity index (χ3v) is 2.77. The average molecular weight is 285 g/mol. The third kappa shape index (κ3) is 4.43. The summed E-state index contributed by atoms with van der Waals surface area (Å²) in [6.45, 7) is 0.0684. The Bertz CT molecular complexity index is 598. The van der Waals surface area contributed by atoms with Gasteiger partial charge in [0, 0.05) is 5.56 Å². The first-order valence-corrected chi connectivity index (χ1v) is 6.41. The third-order valence-electron chi connectivity index (χ3n) is 2.77. The minimum absolute atomic E-state index is 0.0684. The second-order valence-corrected chi connectivity index (χ2v) is 4.34. The summed E-state index contributed by atoms with van der Waals surface area (Å²) in [5.74, 6) is -0.590. The van der Waals surface area contributed by atoms with E-state index in [4.69, 9.17) is 4.74 Å². The van der Waals surface area contributed by atoms with Crippen LogP contribution in [-0.2, 0) is 11.3 Å². The van der Waals surface area contributed by atoms with E-state index in [2.05, 4.69) is 5.32 Å². The molecular weight excluding hydrogens is 270 g/mol. The van der Waals surface area contributed by atoms with Gasteiger partial charge >= 0.3 is 6.09 Å². The summed E-state index contributed by atoms with van der Waals surface area (Å²) in [5.41, 5.74) is 1.13. The minimum Gasteiger partial charge on any atom is -0.445 e. The molecule has 0 saturated carbocycles. The maximum absolute atomic E-state index is 11.8. The Morgan fingerprint density at radius 1 is 1.00 bits per heavy atom. The number of ketones is 1. The average Bonchev–Trinajstić information content (AvgIpc) is 2.54. The number of aliphatic hydroxyl groups is 1. The predicted octanol–water partition coefficient (Wildman–Crippen LogP) is 2.11. The van der Waals surface area contributed by atoms with Gasteiger partial charge in [0.25, 0.3) is 0 Å². The lowest BCUT2D eigenvalue weighted by molar-refractivity contribution is 0.0621. The van der Waals surface area contributed by atoms with Gasteiger partial charge in [-0.25, -0.2) is 4.79 Å². The molecule has 5 heteroatoms. The first kappa shape index (κ1) is 14.7. The fraction of sp³-hybridized carbons (Fsp3) is 0.125. The first-order chi connectivity index (χ1) is 10.2. The topological polar surface area (TPSA) is 75.6 Å². The maximum atomic E-state index is 11.8. The fourth-order valence-corrected chi connectivity index (χ4v) is 1.70. The van der Waals surface area contributed by atoms with Crippen LogP contribution >= 0.6 is 0 Å². The Morgan fingerprint density at radius 3 is 2.19 bits per heavy atom. The SMILES string of the molecule is O=C(N[C@@H](O)C(=O)c1ccccc1)OCc1ccccc1. The van der Waals surface area contributed by atoms with E-state index in [1.807, 2.05) is 18.2 Å². The van der Waals surface area contributed by atoms with Crippen molar-refractivity contribution in [3.63, 3.8) is 0 Å². The molecular formula is C16H15NO4. The molecule has 0 aliphatic rings. The van der Waals surface area contributed by atoms with Crippen LogP contribution in [0, 0.1) is 0 Å². The molecule has 0 aliphatic carbocycles. The lowest BCUT2D eigenvalue weighted by Crippen LogP contribution is -2.40. The predicted molar refractivity (Wildman–Crippen MR) is 76.5 cm³/mol. The summed E-state index contributed by atoms with van der Waals surface area (Å²) in [6.07, 6.45) is -2.48. The molecule has 0 radical (unpaired) electrons. The molecule has 0 aromatic heterocycles. The molecule has 2 aromatic rings. The van der Waals surface area contributed by atoms with Crippen LogP contribution in [0.5, 0.6) is 0 Å². The Kier molecular flexibility index (Phi) is 5.06. The molecule has 2 aromatic carbocycles. The quantitative estimate of drug-likeness (QED) is 0.651. The van der Waals surface area contributed by atoms with Gasteiger partial charge in [0.05, 0.1) is 0 Å². The van der Waals surface area contributed by atoms with Crippen molar-refractivity contribution in [2.75, 3.05) is 0 Å². The highest BCUT2D eigenvalue weighted by molar-refractivity contribution is 6.00. The van der Waals surface area contributed by atoms with Crippen molar-refractivity contribution in [2.45, 2.75) is 12.8 Å². The Hall–Kier alpha value is -2.66. The van der Waals surface area contributed by atoms with Gasteiger partial charge in [-0.05, 0) is 5.56 Å². The van der Waals surface area contributed by atoms with Crippen molar-refractivity contribution in [3.05, 3.63) is 71.8 Å². The summed E-state index contributed by atoms with van der Waals surface area (Å²) >= 11 is 0. The number of nitrogens with one attached hydrogen (secondary N) is 1. The molecule has 0 fully saturated rings. The van der Waals surface area contributed by atoms with Gasteiger partial charge in [-0.2, -0.15) is 0 Å². The van der Waals surface area contributed by atoms with Gasteiger partial charge in [-0.3, -0.25) is 10.1 Å². The number of hydrogen-bond acceptors (Lipinski definition) is 4. The number of amides is 1. The molecule has 0 aliphatic heterocycles. The monoisotopic (exact) mass is 285 g/mol. The number of ether oxygens (including phenoxy) is 1. The molecule has 21 heavy (non-hydrogen) atoms. The highest BCUT2D eigenvalue weighted by Gasteiger charge is 2.19. The van der Waals surface area contributed by atoms with E-state index in [1.165, 1.54) is 0 Å². The summed E-state index contributed by atoms with van der Waals surface area (Å²) < 4.78 is 4.92. The van der Waals surface area contributed by atoms with Crippen LogP contribution in [0.2, 0.25) is 0 Å². The summed E-state index contributed by atoms with van der Waals surface area (Å²) in [5, 5.41) is 11.8. The van der Waals surface area contributed by atoms with Crippen molar-refractivity contribution in [1.82, 2.24) is 5.32 Å². The number of rotatable bonds is 5. The summed E-state index contributed by atoms with van der Waals surface area (Å²) in [4.78, 5) is 23.4. The molecule has 0 unspecified atom stereocenters. The van der Waals surface area contributed by atoms with Crippen LogP contribution < -0.4 is 5.32 Å². The molecule has 2 rings (SSSR count). The van der Waals surface area contributed by atoms with Crippen LogP contribution in [0.4, 0.5) is 4.79 Å². The number of carbonyl (C=O) groups is 2. The van der Waals surface area contributed by atoms with Gasteiger partial charge in [-0.1, -0.05) is 60.7 Å². The van der Waals surface area contributed by atoms with Crippen LogP contribution in [0.25, 0.3) is 0 Å². The Balaban J connectivity index is 1.83. The van der Waals surface area contributed by atoms with Crippen LogP contribution in [0.15, 0.2) is 60.7 Å². The molecule has 0 spiro atoms. The number of aliphatic hydroxyl groups excluding tert-OH is 1.